The molecule has 2 rings (SSSR count). The largest absolute Gasteiger partial charge is 0.459 e. The molecule has 0 fully saturated rings. The van der Waals surface area contributed by atoms with Gasteiger partial charge >= 0.3 is 0 Å². The number of nitrogens with one attached hydrogen (secondary N) is 1. The minimum Gasteiger partial charge on any atom is -0.459 e. The van der Waals surface area contributed by atoms with Gasteiger partial charge in [-0.05, 0) is 56.8 Å². The van der Waals surface area contributed by atoms with Crippen LogP contribution in [0.25, 0.3) is 11.3 Å². The first-order chi connectivity index (χ1) is 8.11. The number of hydrogen-bond donors (Lipinski definition) is 1. The molecule has 0 spiro atoms. The van der Waals surface area contributed by atoms with Gasteiger partial charge in [0.1, 0.15) is 11.5 Å². The fraction of sp³-hybridized carbons (Fsp3) is 0.286. The lowest BCUT2D eigenvalue weighted by Gasteiger charge is -2.06. The molecule has 0 saturated carbocycles. The molecule has 1 heterocycles. The fourth-order valence-electron chi connectivity index (χ4n) is 1.78. The molecule has 0 aliphatic heterocycles. The fourth-order valence-corrected chi connectivity index (χ4v) is 2.00. The average molecular weight is 250 g/mol. The first-order valence-electron chi connectivity index (χ1n) is 5.65. The van der Waals surface area contributed by atoms with Crippen LogP contribution in [0.2, 0.25) is 5.02 Å². The van der Waals surface area contributed by atoms with E-state index in [0.717, 1.165) is 27.7 Å². The van der Waals surface area contributed by atoms with Crippen molar-refractivity contribution in [1.29, 1.82) is 0 Å². The zero-order valence-electron chi connectivity index (χ0n) is 10.3. The minimum absolute atomic E-state index is 0.219. The van der Waals surface area contributed by atoms with Gasteiger partial charge in [-0.15, -0.1) is 0 Å². The van der Waals surface area contributed by atoms with E-state index < -0.39 is 0 Å². The number of rotatable bonds is 3. The molecule has 0 saturated heterocycles. The van der Waals surface area contributed by atoms with Crippen molar-refractivity contribution in [2.24, 2.45) is 0 Å². The Morgan fingerprint density at radius 1 is 1.24 bits per heavy atom. The van der Waals surface area contributed by atoms with Gasteiger partial charge in [-0.3, -0.25) is 0 Å². The van der Waals surface area contributed by atoms with Crippen molar-refractivity contribution in [2.45, 2.75) is 19.9 Å². The highest BCUT2D eigenvalue weighted by Gasteiger charge is 2.11. The van der Waals surface area contributed by atoms with Crippen LogP contribution in [0.5, 0.6) is 0 Å². The van der Waals surface area contributed by atoms with E-state index in [2.05, 4.69) is 12.2 Å². The number of halogens is 1. The second-order valence-corrected chi connectivity index (χ2v) is 4.61. The summed E-state index contributed by atoms with van der Waals surface area (Å²) in [4.78, 5) is 0. The molecule has 1 atom stereocenters. The van der Waals surface area contributed by atoms with Crippen LogP contribution in [0.4, 0.5) is 0 Å². The van der Waals surface area contributed by atoms with Gasteiger partial charge < -0.3 is 9.73 Å². The van der Waals surface area contributed by atoms with Gasteiger partial charge in [-0.25, -0.2) is 0 Å². The van der Waals surface area contributed by atoms with Crippen LogP contribution in [0.3, 0.4) is 0 Å². The number of hydrogen-bond acceptors (Lipinski definition) is 2. The van der Waals surface area contributed by atoms with Crippen molar-refractivity contribution < 1.29 is 4.42 Å². The second kappa shape index (κ2) is 4.94. The SMILES string of the molecule is CNC(C)c1ccc(-c2ccc(Cl)cc2C)o1. The Hall–Kier alpha value is -1.25. The highest BCUT2D eigenvalue weighted by Crippen LogP contribution is 2.29. The molecule has 1 aromatic heterocycles. The maximum atomic E-state index is 5.94. The molecule has 0 amide bonds. The van der Waals surface area contributed by atoms with Crippen LogP contribution < -0.4 is 5.32 Å². The highest BCUT2D eigenvalue weighted by atomic mass is 35.5. The quantitative estimate of drug-likeness (QED) is 0.883. The lowest BCUT2D eigenvalue weighted by atomic mass is 10.1. The van der Waals surface area contributed by atoms with Gasteiger partial charge in [0.2, 0.25) is 0 Å². The lowest BCUT2D eigenvalue weighted by molar-refractivity contribution is 0.458. The van der Waals surface area contributed by atoms with E-state index in [1.807, 2.05) is 44.3 Å². The van der Waals surface area contributed by atoms with E-state index >= 15 is 0 Å². The molecule has 2 aromatic rings. The summed E-state index contributed by atoms with van der Waals surface area (Å²) in [5.74, 6) is 1.83. The van der Waals surface area contributed by atoms with Crippen molar-refractivity contribution in [3.63, 3.8) is 0 Å². The third-order valence-electron chi connectivity index (χ3n) is 2.94. The molecule has 2 nitrogen and oxygen atoms in total. The van der Waals surface area contributed by atoms with Gasteiger partial charge in [0.15, 0.2) is 0 Å². The van der Waals surface area contributed by atoms with E-state index in [0.29, 0.717) is 0 Å². The van der Waals surface area contributed by atoms with Crippen LogP contribution in [-0.4, -0.2) is 7.05 Å². The molecule has 0 radical (unpaired) electrons. The predicted octanol–water partition coefficient (Wildman–Crippen LogP) is 4.19. The summed E-state index contributed by atoms with van der Waals surface area (Å²) in [6, 6.07) is 10.0. The van der Waals surface area contributed by atoms with Gasteiger partial charge in [0, 0.05) is 10.6 Å². The Morgan fingerprint density at radius 2 is 2.00 bits per heavy atom. The Bertz CT molecular complexity index is 519. The maximum absolute atomic E-state index is 5.94. The lowest BCUT2D eigenvalue weighted by Crippen LogP contribution is -2.11. The van der Waals surface area contributed by atoms with E-state index in [1.54, 1.807) is 0 Å². The Morgan fingerprint density at radius 3 is 2.65 bits per heavy atom. The smallest absolute Gasteiger partial charge is 0.134 e. The van der Waals surface area contributed by atoms with Gasteiger partial charge in [0.05, 0.1) is 6.04 Å². The molecule has 1 unspecified atom stereocenters. The van der Waals surface area contributed by atoms with E-state index in [-0.39, 0.29) is 6.04 Å². The number of aryl methyl sites for hydroxylation is 1. The van der Waals surface area contributed by atoms with E-state index in [9.17, 15) is 0 Å². The first-order valence-corrected chi connectivity index (χ1v) is 6.03. The van der Waals surface area contributed by atoms with Crippen LogP contribution in [-0.2, 0) is 0 Å². The summed E-state index contributed by atoms with van der Waals surface area (Å²) in [5.41, 5.74) is 2.21. The average Bonchev–Trinajstić information content (AvgIpc) is 2.77. The molecule has 3 heteroatoms. The normalized spacial score (nSPS) is 12.7. The van der Waals surface area contributed by atoms with Crippen LogP contribution in [0.1, 0.15) is 24.3 Å². The zero-order chi connectivity index (χ0) is 12.4. The predicted molar refractivity (Wildman–Crippen MR) is 71.4 cm³/mol. The summed E-state index contributed by atoms with van der Waals surface area (Å²) in [7, 11) is 1.92. The minimum atomic E-state index is 0.219. The van der Waals surface area contributed by atoms with Gasteiger partial charge in [-0.1, -0.05) is 11.6 Å². The number of furan rings is 1. The molecule has 0 bridgehead atoms. The molecule has 1 aromatic carbocycles. The first kappa shape index (κ1) is 12.2. The maximum Gasteiger partial charge on any atom is 0.134 e. The highest BCUT2D eigenvalue weighted by molar-refractivity contribution is 6.30. The van der Waals surface area contributed by atoms with E-state index in [1.165, 1.54) is 0 Å². The van der Waals surface area contributed by atoms with Crippen molar-refractivity contribution >= 4 is 11.6 Å². The molecule has 1 N–H and O–H groups in total. The van der Waals surface area contributed by atoms with Gasteiger partial charge in [-0.2, -0.15) is 0 Å². The van der Waals surface area contributed by atoms with Crippen molar-refractivity contribution in [3.05, 3.63) is 46.7 Å². The molecule has 17 heavy (non-hydrogen) atoms. The third-order valence-corrected chi connectivity index (χ3v) is 3.18. The van der Waals surface area contributed by atoms with E-state index in [4.69, 9.17) is 16.0 Å². The third kappa shape index (κ3) is 2.54. The summed E-state index contributed by atoms with van der Waals surface area (Å²) < 4.78 is 5.84. The molecule has 0 aliphatic carbocycles. The zero-order valence-corrected chi connectivity index (χ0v) is 11.0. The summed E-state index contributed by atoms with van der Waals surface area (Å²) >= 11 is 5.94. The Labute approximate surface area is 107 Å². The summed E-state index contributed by atoms with van der Waals surface area (Å²) in [6.07, 6.45) is 0. The van der Waals surface area contributed by atoms with Crippen molar-refractivity contribution in [3.8, 4) is 11.3 Å². The van der Waals surface area contributed by atoms with Crippen molar-refractivity contribution in [1.82, 2.24) is 5.32 Å². The Kier molecular flexibility index (Phi) is 3.55. The van der Waals surface area contributed by atoms with Gasteiger partial charge in [0.25, 0.3) is 0 Å². The molecular weight excluding hydrogens is 234 g/mol. The molecule has 0 aliphatic rings. The molecule has 90 valence electrons. The Balaban J connectivity index is 2.37. The van der Waals surface area contributed by atoms with Crippen molar-refractivity contribution in [2.75, 3.05) is 7.05 Å². The standard InChI is InChI=1S/C14H16ClNO/c1-9-8-11(15)4-5-12(9)14-7-6-13(17-14)10(2)16-3/h4-8,10,16H,1-3H3. The van der Waals surface area contributed by atoms with Crippen LogP contribution in [0, 0.1) is 6.92 Å². The topological polar surface area (TPSA) is 25.2 Å². The van der Waals surface area contributed by atoms with Crippen LogP contribution in [0.15, 0.2) is 34.7 Å². The van der Waals surface area contributed by atoms with Crippen LogP contribution >= 0.6 is 11.6 Å². The number of benzene rings is 1. The molecular formula is C14H16ClNO. The monoisotopic (exact) mass is 249 g/mol. The second-order valence-electron chi connectivity index (χ2n) is 4.17. The summed E-state index contributed by atoms with van der Waals surface area (Å²) in [5, 5.41) is 3.91. The summed E-state index contributed by atoms with van der Waals surface area (Å²) in [6.45, 7) is 4.10.